The van der Waals surface area contributed by atoms with Crippen molar-refractivity contribution in [1.29, 1.82) is 0 Å². The number of likely N-dealkylation sites (tertiary alicyclic amines) is 1. The topological polar surface area (TPSA) is 46.3 Å². The standard InChI is InChI=1S/C15H18N2OS/c1-10-7-14(19-13(10)3-2-6-16)15(18)17-9-11-4-5-12(17)8-11/h7,11-12H,4-6,8-9,16H2,1H3. The summed E-state index contributed by atoms with van der Waals surface area (Å²) >= 11 is 1.50. The van der Waals surface area contributed by atoms with Crippen LogP contribution in [-0.4, -0.2) is 29.9 Å². The summed E-state index contributed by atoms with van der Waals surface area (Å²) < 4.78 is 0. The second-order valence-electron chi connectivity index (χ2n) is 5.42. The first kappa shape index (κ1) is 12.7. The molecule has 3 nitrogen and oxygen atoms in total. The molecule has 19 heavy (non-hydrogen) atoms. The maximum atomic E-state index is 12.5. The number of piperidine rings is 1. The third-order valence-corrected chi connectivity index (χ3v) is 5.24. The van der Waals surface area contributed by atoms with Crippen molar-refractivity contribution in [2.24, 2.45) is 11.7 Å². The molecule has 2 bridgehead atoms. The van der Waals surface area contributed by atoms with Gasteiger partial charge in [-0.1, -0.05) is 11.8 Å². The molecule has 2 atom stereocenters. The van der Waals surface area contributed by atoms with E-state index >= 15 is 0 Å². The predicted octanol–water partition coefficient (Wildman–Crippen LogP) is 1.99. The van der Waals surface area contributed by atoms with Crippen LogP contribution in [0.15, 0.2) is 6.07 Å². The van der Waals surface area contributed by atoms with Gasteiger partial charge in [-0.05, 0) is 43.7 Å². The van der Waals surface area contributed by atoms with E-state index in [9.17, 15) is 4.79 Å². The van der Waals surface area contributed by atoms with Crippen LogP contribution < -0.4 is 5.73 Å². The van der Waals surface area contributed by atoms with Crippen LogP contribution in [0.3, 0.4) is 0 Å². The van der Waals surface area contributed by atoms with Gasteiger partial charge < -0.3 is 10.6 Å². The summed E-state index contributed by atoms with van der Waals surface area (Å²) in [7, 11) is 0. The zero-order valence-electron chi connectivity index (χ0n) is 11.1. The number of hydrogen-bond donors (Lipinski definition) is 1. The van der Waals surface area contributed by atoms with E-state index < -0.39 is 0 Å². The van der Waals surface area contributed by atoms with E-state index in [2.05, 4.69) is 16.7 Å². The van der Waals surface area contributed by atoms with E-state index in [0.29, 0.717) is 12.6 Å². The number of hydrogen-bond acceptors (Lipinski definition) is 3. The molecule has 0 aromatic carbocycles. The van der Waals surface area contributed by atoms with E-state index in [1.54, 1.807) is 0 Å². The Balaban J connectivity index is 1.80. The molecule has 1 amide bonds. The first-order valence-corrected chi connectivity index (χ1v) is 7.61. The van der Waals surface area contributed by atoms with Crippen LogP contribution in [0.2, 0.25) is 0 Å². The smallest absolute Gasteiger partial charge is 0.264 e. The Bertz CT molecular complexity index is 566. The molecule has 2 N–H and O–H groups in total. The lowest BCUT2D eigenvalue weighted by molar-refractivity contribution is 0.0708. The summed E-state index contributed by atoms with van der Waals surface area (Å²) in [6.45, 7) is 3.31. The van der Waals surface area contributed by atoms with Crippen molar-refractivity contribution in [3.63, 3.8) is 0 Å². The van der Waals surface area contributed by atoms with E-state index in [0.717, 1.165) is 27.8 Å². The minimum atomic E-state index is 0.195. The number of fused-ring (bicyclic) bond motifs is 2. The number of thiophene rings is 1. The molecule has 1 aliphatic carbocycles. The van der Waals surface area contributed by atoms with Gasteiger partial charge in [0.1, 0.15) is 0 Å². The Hall–Kier alpha value is -1.31. The first-order valence-electron chi connectivity index (χ1n) is 6.79. The van der Waals surface area contributed by atoms with Crippen molar-refractivity contribution < 1.29 is 4.79 Å². The summed E-state index contributed by atoms with van der Waals surface area (Å²) in [5.41, 5.74) is 6.47. The highest BCUT2D eigenvalue weighted by molar-refractivity contribution is 7.14. The molecule has 1 aromatic heterocycles. The van der Waals surface area contributed by atoms with Crippen LogP contribution in [0.5, 0.6) is 0 Å². The van der Waals surface area contributed by atoms with Crippen molar-refractivity contribution in [3.8, 4) is 11.8 Å². The van der Waals surface area contributed by atoms with Crippen LogP contribution in [0.1, 0.15) is 39.4 Å². The minimum Gasteiger partial charge on any atom is -0.335 e. The van der Waals surface area contributed by atoms with Gasteiger partial charge in [0.2, 0.25) is 0 Å². The Morgan fingerprint density at radius 3 is 3.05 bits per heavy atom. The largest absolute Gasteiger partial charge is 0.335 e. The molecule has 2 heterocycles. The molecule has 4 heteroatoms. The number of nitrogens with zero attached hydrogens (tertiary/aromatic N) is 1. The summed E-state index contributed by atoms with van der Waals surface area (Å²) in [6, 6.07) is 2.46. The van der Waals surface area contributed by atoms with E-state index in [-0.39, 0.29) is 5.91 Å². The second-order valence-corrected chi connectivity index (χ2v) is 6.47. The average molecular weight is 274 g/mol. The van der Waals surface area contributed by atoms with Gasteiger partial charge in [-0.15, -0.1) is 11.3 Å². The summed E-state index contributed by atoms with van der Waals surface area (Å²) in [4.78, 5) is 16.4. The van der Waals surface area contributed by atoms with E-state index in [1.165, 1.54) is 30.6 Å². The van der Waals surface area contributed by atoms with E-state index in [4.69, 9.17) is 5.73 Å². The zero-order valence-corrected chi connectivity index (χ0v) is 11.9. The number of nitrogens with two attached hydrogens (primary N) is 1. The molecule has 2 aliphatic rings. The number of carbonyl (C=O) groups excluding carboxylic acids is 1. The summed E-state index contributed by atoms with van der Waals surface area (Å²) in [5, 5.41) is 0. The minimum absolute atomic E-state index is 0.195. The van der Waals surface area contributed by atoms with Crippen LogP contribution in [-0.2, 0) is 0 Å². The van der Waals surface area contributed by atoms with Crippen LogP contribution in [0, 0.1) is 24.7 Å². The fourth-order valence-corrected chi connectivity index (χ4v) is 4.16. The van der Waals surface area contributed by atoms with Crippen molar-refractivity contribution in [2.45, 2.75) is 32.2 Å². The van der Waals surface area contributed by atoms with Crippen molar-refractivity contribution in [2.75, 3.05) is 13.1 Å². The Kier molecular flexibility index (Phi) is 3.34. The fourth-order valence-electron chi connectivity index (χ4n) is 3.16. The molecule has 0 spiro atoms. The molecule has 2 unspecified atom stereocenters. The van der Waals surface area contributed by atoms with Gasteiger partial charge >= 0.3 is 0 Å². The predicted molar refractivity (Wildman–Crippen MR) is 77.2 cm³/mol. The quantitative estimate of drug-likeness (QED) is 0.796. The zero-order chi connectivity index (χ0) is 13.4. The molecule has 3 rings (SSSR count). The lowest BCUT2D eigenvalue weighted by Gasteiger charge is -2.26. The van der Waals surface area contributed by atoms with Crippen LogP contribution in [0.25, 0.3) is 0 Å². The fraction of sp³-hybridized carbons (Fsp3) is 0.533. The van der Waals surface area contributed by atoms with Gasteiger partial charge in [0.25, 0.3) is 5.91 Å². The van der Waals surface area contributed by atoms with Crippen molar-refractivity contribution in [1.82, 2.24) is 4.90 Å². The highest BCUT2D eigenvalue weighted by Gasteiger charge is 2.40. The maximum absolute atomic E-state index is 12.5. The molecule has 1 saturated carbocycles. The lowest BCUT2D eigenvalue weighted by Crippen LogP contribution is -2.37. The van der Waals surface area contributed by atoms with Crippen molar-refractivity contribution >= 4 is 17.2 Å². The molecule has 2 fully saturated rings. The van der Waals surface area contributed by atoms with Gasteiger partial charge in [0.15, 0.2) is 0 Å². The highest BCUT2D eigenvalue weighted by Crippen LogP contribution is 2.38. The molecule has 100 valence electrons. The van der Waals surface area contributed by atoms with Crippen LogP contribution in [0.4, 0.5) is 0 Å². The third kappa shape index (κ3) is 2.29. The third-order valence-electron chi connectivity index (χ3n) is 4.10. The van der Waals surface area contributed by atoms with Crippen molar-refractivity contribution in [3.05, 3.63) is 21.4 Å². The number of amides is 1. The molecule has 1 saturated heterocycles. The van der Waals surface area contributed by atoms with Gasteiger partial charge in [0, 0.05) is 12.6 Å². The molecule has 1 aliphatic heterocycles. The molecule has 0 radical (unpaired) electrons. The highest BCUT2D eigenvalue weighted by atomic mass is 32.1. The normalized spacial score (nSPS) is 24.4. The second kappa shape index (κ2) is 4.99. The maximum Gasteiger partial charge on any atom is 0.264 e. The molecular weight excluding hydrogens is 256 g/mol. The van der Waals surface area contributed by atoms with Gasteiger partial charge in [0.05, 0.1) is 16.3 Å². The number of carbonyl (C=O) groups is 1. The lowest BCUT2D eigenvalue weighted by atomic mass is 10.1. The SMILES string of the molecule is Cc1cc(C(=O)N2CC3CCC2C3)sc1C#CCN. The first-order chi connectivity index (χ1) is 9.19. The summed E-state index contributed by atoms with van der Waals surface area (Å²) in [5.74, 6) is 6.84. The Morgan fingerprint density at radius 1 is 1.58 bits per heavy atom. The Morgan fingerprint density at radius 2 is 2.42 bits per heavy atom. The number of aryl methyl sites for hydroxylation is 1. The van der Waals surface area contributed by atoms with Gasteiger partial charge in [-0.3, -0.25) is 4.79 Å². The van der Waals surface area contributed by atoms with Gasteiger partial charge in [-0.25, -0.2) is 0 Å². The Labute approximate surface area is 117 Å². The molecule has 1 aromatic rings. The van der Waals surface area contributed by atoms with Crippen LogP contribution >= 0.6 is 11.3 Å². The van der Waals surface area contributed by atoms with Gasteiger partial charge in [-0.2, -0.15) is 0 Å². The molecular formula is C15H18N2OS. The average Bonchev–Trinajstić information content (AvgIpc) is 3.10. The van der Waals surface area contributed by atoms with E-state index in [1.807, 2.05) is 13.0 Å². The summed E-state index contributed by atoms with van der Waals surface area (Å²) in [6.07, 6.45) is 3.68. The monoisotopic (exact) mass is 274 g/mol. The number of rotatable bonds is 1.